The van der Waals surface area contributed by atoms with Gasteiger partial charge in [0.15, 0.2) is 0 Å². The van der Waals surface area contributed by atoms with Gasteiger partial charge >= 0.3 is 0 Å². The van der Waals surface area contributed by atoms with Crippen LogP contribution in [0.2, 0.25) is 4.34 Å². The van der Waals surface area contributed by atoms with E-state index in [4.69, 9.17) is 11.6 Å². The van der Waals surface area contributed by atoms with E-state index in [0.717, 1.165) is 17.4 Å². The normalized spacial score (nSPS) is 28.2. The van der Waals surface area contributed by atoms with Crippen LogP contribution >= 0.6 is 22.9 Å². The molecule has 0 aromatic carbocycles. The zero-order valence-corrected chi connectivity index (χ0v) is 8.67. The highest BCUT2D eigenvalue weighted by Gasteiger charge is 2.29. The van der Waals surface area contributed by atoms with Crippen LogP contribution in [0.5, 0.6) is 0 Å². The number of hydrogen-bond donors (Lipinski definition) is 1. The molecule has 13 heavy (non-hydrogen) atoms. The minimum atomic E-state index is -0.243. The van der Waals surface area contributed by atoms with E-state index in [1.54, 1.807) is 11.3 Å². The SMILES string of the molecule is FC[C@@H]1CNC[C@H]1c1ccc(Cl)s1. The number of rotatable bonds is 2. The fourth-order valence-corrected chi connectivity index (χ4v) is 3.01. The van der Waals surface area contributed by atoms with Crippen molar-refractivity contribution in [3.63, 3.8) is 0 Å². The fourth-order valence-electron chi connectivity index (χ4n) is 1.76. The predicted molar refractivity (Wildman–Crippen MR) is 54.4 cm³/mol. The molecule has 1 aliphatic heterocycles. The first-order chi connectivity index (χ1) is 6.31. The summed E-state index contributed by atoms with van der Waals surface area (Å²) in [6, 6.07) is 3.89. The number of thiophene rings is 1. The van der Waals surface area contributed by atoms with Crippen molar-refractivity contribution in [2.24, 2.45) is 5.92 Å². The molecule has 1 aliphatic rings. The van der Waals surface area contributed by atoms with E-state index in [1.807, 2.05) is 12.1 Å². The average Bonchev–Trinajstić information content (AvgIpc) is 2.71. The standard InChI is InChI=1S/C9H11ClFNS/c10-9-2-1-8(13-9)7-5-12-4-6(7)3-11/h1-2,6-7,12H,3-5H2/t6-,7-/m1/s1. The van der Waals surface area contributed by atoms with Gasteiger partial charge in [-0.2, -0.15) is 0 Å². The molecule has 0 bridgehead atoms. The molecular weight excluding hydrogens is 209 g/mol. The summed E-state index contributed by atoms with van der Waals surface area (Å²) in [7, 11) is 0. The van der Waals surface area contributed by atoms with Crippen molar-refractivity contribution in [1.29, 1.82) is 0 Å². The maximum Gasteiger partial charge on any atom is 0.0941 e. The van der Waals surface area contributed by atoms with Gasteiger partial charge in [-0.15, -0.1) is 11.3 Å². The molecule has 1 fully saturated rings. The van der Waals surface area contributed by atoms with Crippen molar-refractivity contribution < 1.29 is 4.39 Å². The van der Waals surface area contributed by atoms with Crippen LogP contribution in [0.15, 0.2) is 12.1 Å². The van der Waals surface area contributed by atoms with Crippen molar-refractivity contribution in [1.82, 2.24) is 5.32 Å². The first kappa shape index (κ1) is 9.44. The van der Waals surface area contributed by atoms with Crippen molar-refractivity contribution in [2.45, 2.75) is 5.92 Å². The third-order valence-corrected chi connectivity index (χ3v) is 3.86. The molecule has 2 atom stereocenters. The van der Waals surface area contributed by atoms with Crippen LogP contribution in [0.25, 0.3) is 0 Å². The molecule has 0 unspecified atom stereocenters. The lowest BCUT2D eigenvalue weighted by molar-refractivity contribution is 0.360. The molecule has 1 aromatic rings. The molecule has 0 aliphatic carbocycles. The summed E-state index contributed by atoms with van der Waals surface area (Å²) in [5, 5.41) is 3.20. The van der Waals surface area contributed by atoms with Crippen LogP contribution in [0.4, 0.5) is 4.39 Å². The van der Waals surface area contributed by atoms with Gasteiger partial charge in [0, 0.05) is 29.8 Å². The summed E-state index contributed by atoms with van der Waals surface area (Å²) in [5.74, 6) is 0.456. The Bertz CT molecular complexity index is 289. The Balaban J connectivity index is 2.15. The smallest absolute Gasteiger partial charge is 0.0941 e. The van der Waals surface area contributed by atoms with E-state index < -0.39 is 0 Å². The lowest BCUT2D eigenvalue weighted by atomic mass is 9.96. The van der Waals surface area contributed by atoms with E-state index in [2.05, 4.69) is 5.32 Å². The third kappa shape index (κ3) is 1.87. The van der Waals surface area contributed by atoms with Gasteiger partial charge in [-0.1, -0.05) is 11.6 Å². The zero-order valence-electron chi connectivity index (χ0n) is 7.09. The van der Waals surface area contributed by atoms with Crippen LogP contribution in [0.3, 0.4) is 0 Å². The van der Waals surface area contributed by atoms with Gasteiger partial charge in [0.2, 0.25) is 0 Å². The van der Waals surface area contributed by atoms with Gasteiger partial charge in [-0.05, 0) is 12.1 Å². The van der Waals surface area contributed by atoms with Crippen LogP contribution in [-0.4, -0.2) is 19.8 Å². The largest absolute Gasteiger partial charge is 0.316 e. The van der Waals surface area contributed by atoms with Gasteiger partial charge in [-0.3, -0.25) is 4.39 Å². The summed E-state index contributed by atoms with van der Waals surface area (Å²) < 4.78 is 13.4. The first-order valence-electron chi connectivity index (χ1n) is 4.33. The van der Waals surface area contributed by atoms with E-state index in [0.29, 0.717) is 5.92 Å². The molecule has 0 spiro atoms. The summed E-state index contributed by atoms with van der Waals surface area (Å²) in [6.07, 6.45) is 0. The minimum absolute atomic E-state index is 0.134. The van der Waals surface area contributed by atoms with Gasteiger partial charge in [-0.25, -0.2) is 0 Å². The van der Waals surface area contributed by atoms with Crippen LogP contribution in [0.1, 0.15) is 10.8 Å². The third-order valence-electron chi connectivity index (χ3n) is 2.50. The van der Waals surface area contributed by atoms with Crippen molar-refractivity contribution >= 4 is 22.9 Å². The molecule has 1 nitrogen and oxygen atoms in total. The van der Waals surface area contributed by atoms with E-state index in [-0.39, 0.29) is 12.6 Å². The topological polar surface area (TPSA) is 12.0 Å². The summed E-state index contributed by atoms with van der Waals surface area (Å²) in [4.78, 5) is 1.21. The second kappa shape index (κ2) is 3.95. The Morgan fingerprint density at radius 1 is 1.54 bits per heavy atom. The molecule has 0 amide bonds. The lowest BCUT2D eigenvalue weighted by Gasteiger charge is -2.12. The highest BCUT2D eigenvalue weighted by Crippen LogP contribution is 2.34. The molecule has 1 aromatic heterocycles. The minimum Gasteiger partial charge on any atom is -0.316 e. The van der Waals surface area contributed by atoms with E-state index >= 15 is 0 Å². The lowest BCUT2D eigenvalue weighted by Crippen LogP contribution is -2.11. The summed E-state index contributed by atoms with van der Waals surface area (Å²) in [5.41, 5.74) is 0. The zero-order chi connectivity index (χ0) is 9.26. The molecule has 2 heterocycles. The fraction of sp³-hybridized carbons (Fsp3) is 0.556. The maximum atomic E-state index is 12.6. The quantitative estimate of drug-likeness (QED) is 0.807. The van der Waals surface area contributed by atoms with Crippen molar-refractivity contribution in [3.8, 4) is 0 Å². The summed E-state index contributed by atoms with van der Waals surface area (Å²) >= 11 is 7.40. The molecule has 1 N–H and O–H groups in total. The van der Waals surface area contributed by atoms with Gasteiger partial charge in [0.05, 0.1) is 11.0 Å². The van der Waals surface area contributed by atoms with Crippen LogP contribution < -0.4 is 5.32 Å². The van der Waals surface area contributed by atoms with Crippen molar-refractivity contribution in [2.75, 3.05) is 19.8 Å². The average molecular weight is 220 g/mol. The molecule has 72 valence electrons. The number of halogens is 2. The van der Waals surface area contributed by atoms with Gasteiger partial charge < -0.3 is 5.32 Å². The Morgan fingerprint density at radius 2 is 2.38 bits per heavy atom. The van der Waals surface area contributed by atoms with E-state index in [1.165, 1.54) is 4.88 Å². The Labute approximate surface area is 85.9 Å². The molecule has 2 rings (SSSR count). The molecule has 0 radical (unpaired) electrons. The number of alkyl halides is 1. The second-order valence-corrected chi connectivity index (χ2v) is 5.07. The molecule has 4 heteroatoms. The number of nitrogens with one attached hydrogen (secondary N) is 1. The monoisotopic (exact) mass is 219 g/mol. The summed E-state index contributed by atoms with van der Waals surface area (Å²) in [6.45, 7) is 1.43. The van der Waals surface area contributed by atoms with Crippen molar-refractivity contribution in [3.05, 3.63) is 21.3 Å². The number of hydrogen-bond acceptors (Lipinski definition) is 2. The van der Waals surface area contributed by atoms with Gasteiger partial charge in [0.1, 0.15) is 0 Å². The first-order valence-corrected chi connectivity index (χ1v) is 5.52. The highest BCUT2D eigenvalue weighted by molar-refractivity contribution is 7.16. The van der Waals surface area contributed by atoms with Gasteiger partial charge in [0.25, 0.3) is 0 Å². The molecular formula is C9H11ClFNS. The van der Waals surface area contributed by atoms with Crippen LogP contribution in [-0.2, 0) is 0 Å². The Kier molecular flexibility index (Phi) is 2.86. The molecule has 0 saturated carbocycles. The Hall–Kier alpha value is -0.120. The van der Waals surface area contributed by atoms with Crippen LogP contribution in [0, 0.1) is 5.92 Å². The predicted octanol–water partition coefficient (Wildman–Crippen LogP) is 2.67. The maximum absolute atomic E-state index is 12.6. The molecule has 1 saturated heterocycles. The van der Waals surface area contributed by atoms with E-state index in [9.17, 15) is 4.39 Å². The Morgan fingerprint density at radius 3 is 3.00 bits per heavy atom. The highest BCUT2D eigenvalue weighted by atomic mass is 35.5. The second-order valence-electron chi connectivity index (χ2n) is 3.32.